The van der Waals surface area contributed by atoms with E-state index in [0.29, 0.717) is 26.2 Å². The minimum Gasteiger partial charge on any atom is -0.355 e. The third kappa shape index (κ3) is 5.46. The van der Waals surface area contributed by atoms with Gasteiger partial charge >= 0.3 is 0 Å². The van der Waals surface area contributed by atoms with Gasteiger partial charge in [-0.2, -0.15) is 0 Å². The van der Waals surface area contributed by atoms with E-state index in [1.165, 1.54) is 0 Å². The average Bonchev–Trinajstić information content (AvgIpc) is 2.32. The number of rotatable bonds is 6. The van der Waals surface area contributed by atoms with Gasteiger partial charge in [0.05, 0.1) is 13.1 Å². The van der Waals surface area contributed by atoms with Gasteiger partial charge < -0.3 is 10.6 Å². The van der Waals surface area contributed by atoms with Gasteiger partial charge in [0, 0.05) is 39.3 Å². The number of nitrogens with one attached hydrogen (secondary N) is 2. The fourth-order valence-electron chi connectivity index (χ4n) is 2.02. The minimum atomic E-state index is 0.0784. The summed E-state index contributed by atoms with van der Waals surface area (Å²) < 4.78 is 0. The summed E-state index contributed by atoms with van der Waals surface area (Å²) in [6, 6.07) is 0. The summed E-state index contributed by atoms with van der Waals surface area (Å²) in [6.07, 6.45) is 0. The highest BCUT2D eigenvalue weighted by atomic mass is 16.2. The lowest BCUT2D eigenvalue weighted by Crippen LogP contribution is -2.51. The van der Waals surface area contributed by atoms with Crippen LogP contribution in [0.5, 0.6) is 0 Å². The van der Waals surface area contributed by atoms with E-state index >= 15 is 0 Å². The largest absolute Gasteiger partial charge is 0.355 e. The van der Waals surface area contributed by atoms with Crippen LogP contribution in [0.2, 0.25) is 0 Å². The van der Waals surface area contributed by atoms with E-state index in [1.54, 1.807) is 0 Å². The zero-order chi connectivity index (χ0) is 13.4. The van der Waals surface area contributed by atoms with Crippen molar-refractivity contribution in [3.63, 3.8) is 0 Å². The molecule has 0 saturated carbocycles. The van der Waals surface area contributed by atoms with Crippen LogP contribution in [0.3, 0.4) is 0 Å². The molecule has 1 heterocycles. The summed E-state index contributed by atoms with van der Waals surface area (Å²) >= 11 is 0. The Hall–Kier alpha value is -1.14. The molecule has 6 nitrogen and oxygen atoms in total. The number of amides is 2. The van der Waals surface area contributed by atoms with Gasteiger partial charge in [0.1, 0.15) is 0 Å². The Labute approximate surface area is 109 Å². The number of carbonyl (C=O) groups is 2. The fraction of sp³-hybridized carbons (Fsp3) is 0.833. The molecule has 1 aliphatic heterocycles. The van der Waals surface area contributed by atoms with Gasteiger partial charge in [0.25, 0.3) is 0 Å². The second-order valence-corrected chi connectivity index (χ2v) is 4.46. The first-order valence-electron chi connectivity index (χ1n) is 6.63. The smallest absolute Gasteiger partial charge is 0.234 e. The highest BCUT2D eigenvalue weighted by Crippen LogP contribution is 2.00. The lowest BCUT2D eigenvalue weighted by molar-refractivity contribution is -0.124. The molecule has 1 saturated heterocycles. The maximum absolute atomic E-state index is 11.4. The van der Waals surface area contributed by atoms with Gasteiger partial charge in [-0.25, -0.2) is 0 Å². The van der Waals surface area contributed by atoms with Crippen molar-refractivity contribution in [2.75, 3.05) is 52.4 Å². The van der Waals surface area contributed by atoms with Crippen LogP contribution in [0.1, 0.15) is 13.8 Å². The molecular weight excluding hydrogens is 232 g/mol. The van der Waals surface area contributed by atoms with Crippen molar-refractivity contribution in [2.45, 2.75) is 13.8 Å². The van der Waals surface area contributed by atoms with E-state index in [-0.39, 0.29) is 11.8 Å². The van der Waals surface area contributed by atoms with Crippen molar-refractivity contribution in [3.8, 4) is 0 Å². The van der Waals surface area contributed by atoms with Crippen molar-refractivity contribution in [1.29, 1.82) is 0 Å². The molecule has 0 atom stereocenters. The van der Waals surface area contributed by atoms with Crippen molar-refractivity contribution >= 4 is 11.8 Å². The molecular formula is C12H24N4O2. The second kappa shape index (κ2) is 8.05. The molecule has 0 unspecified atom stereocenters. The molecule has 104 valence electrons. The molecule has 2 N–H and O–H groups in total. The van der Waals surface area contributed by atoms with Crippen LogP contribution in [0.25, 0.3) is 0 Å². The van der Waals surface area contributed by atoms with Crippen LogP contribution < -0.4 is 10.6 Å². The Morgan fingerprint density at radius 1 is 0.833 bits per heavy atom. The van der Waals surface area contributed by atoms with Crippen molar-refractivity contribution in [3.05, 3.63) is 0 Å². The van der Waals surface area contributed by atoms with Crippen LogP contribution >= 0.6 is 0 Å². The molecule has 0 spiro atoms. The summed E-state index contributed by atoms with van der Waals surface area (Å²) in [7, 11) is 0. The van der Waals surface area contributed by atoms with Gasteiger partial charge in [0.2, 0.25) is 11.8 Å². The predicted octanol–water partition coefficient (Wildman–Crippen LogP) is -1.12. The molecule has 0 aromatic carbocycles. The molecule has 0 aliphatic carbocycles. The number of hydrogen-bond acceptors (Lipinski definition) is 4. The first kappa shape index (κ1) is 14.9. The molecule has 1 rings (SSSR count). The maximum Gasteiger partial charge on any atom is 0.234 e. The molecule has 0 aromatic heterocycles. The Morgan fingerprint density at radius 3 is 1.44 bits per heavy atom. The molecule has 6 heteroatoms. The Kier molecular flexibility index (Phi) is 6.67. The van der Waals surface area contributed by atoms with Gasteiger partial charge in [-0.3, -0.25) is 19.4 Å². The van der Waals surface area contributed by atoms with Gasteiger partial charge in [-0.05, 0) is 13.8 Å². The number of likely N-dealkylation sites (N-methyl/N-ethyl adjacent to an activating group) is 2. The molecule has 18 heavy (non-hydrogen) atoms. The number of carbonyl (C=O) groups excluding carboxylic acids is 2. The van der Waals surface area contributed by atoms with E-state index < -0.39 is 0 Å². The summed E-state index contributed by atoms with van der Waals surface area (Å²) in [5.41, 5.74) is 0. The molecule has 0 radical (unpaired) electrons. The molecule has 1 fully saturated rings. The summed E-state index contributed by atoms with van der Waals surface area (Å²) in [5, 5.41) is 5.59. The second-order valence-electron chi connectivity index (χ2n) is 4.46. The van der Waals surface area contributed by atoms with Crippen LogP contribution in [0, 0.1) is 0 Å². The van der Waals surface area contributed by atoms with Crippen LogP contribution in [-0.4, -0.2) is 74.0 Å². The van der Waals surface area contributed by atoms with Crippen molar-refractivity contribution in [2.24, 2.45) is 0 Å². The zero-order valence-corrected chi connectivity index (χ0v) is 11.4. The van der Waals surface area contributed by atoms with E-state index in [9.17, 15) is 9.59 Å². The highest BCUT2D eigenvalue weighted by Gasteiger charge is 2.19. The average molecular weight is 256 g/mol. The third-order valence-corrected chi connectivity index (χ3v) is 2.95. The van der Waals surface area contributed by atoms with Gasteiger partial charge in [0.15, 0.2) is 0 Å². The normalized spacial score (nSPS) is 17.4. The quantitative estimate of drug-likeness (QED) is 0.631. The topological polar surface area (TPSA) is 64.7 Å². The van der Waals surface area contributed by atoms with Gasteiger partial charge in [-0.15, -0.1) is 0 Å². The molecule has 0 bridgehead atoms. The van der Waals surface area contributed by atoms with E-state index in [4.69, 9.17) is 0 Å². The monoisotopic (exact) mass is 256 g/mol. The molecule has 1 aliphatic rings. The standard InChI is InChI=1S/C12H24N4O2/c1-3-13-11(17)9-15-5-7-16(8-6-15)10-12(18)14-4-2/h3-10H2,1-2H3,(H,13,17)(H,14,18). The summed E-state index contributed by atoms with van der Waals surface area (Å²) in [5.74, 6) is 0.157. The maximum atomic E-state index is 11.4. The Bertz CT molecular complexity index is 247. The summed E-state index contributed by atoms with van der Waals surface area (Å²) in [4.78, 5) is 27.1. The fourth-order valence-corrected chi connectivity index (χ4v) is 2.02. The predicted molar refractivity (Wildman–Crippen MR) is 70.2 cm³/mol. The third-order valence-electron chi connectivity index (χ3n) is 2.95. The van der Waals surface area contributed by atoms with Crippen molar-refractivity contribution < 1.29 is 9.59 Å². The van der Waals surface area contributed by atoms with E-state index in [2.05, 4.69) is 20.4 Å². The zero-order valence-electron chi connectivity index (χ0n) is 11.4. The van der Waals surface area contributed by atoms with E-state index in [0.717, 1.165) is 26.2 Å². The first-order chi connectivity index (χ1) is 8.65. The number of hydrogen-bond donors (Lipinski definition) is 2. The lowest BCUT2D eigenvalue weighted by atomic mass is 10.3. The van der Waals surface area contributed by atoms with Crippen LogP contribution in [0.4, 0.5) is 0 Å². The summed E-state index contributed by atoms with van der Waals surface area (Å²) in [6.45, 7) is 9.49. The molecule has 2 amide bonds. The van der Waals surface area contributed by atoms with Gasteiger partial charge in [-0.1, -0.05) is 0 Å². The highest BCUT2D eigenvalue weighted by molar-refractivity contribution is 5.78. The number of piperazine rings is 1. The SMILES string of the molecule is CCNC(=O)CN1CCN(CC(=O)NCC)CC1. The molecule has 0 aromatic rings. The lowest BCUT2D eigenvalue weighted by Gasteiger charge is -2.33. The Balaban J connectivity index is 2.20. The minimum absolute atomic E-state index is 0.0784. The first-order valence-corrected chi connectivity index (χ1v) is 6.63. The van der Waals surface area contributed by atoms with Crippen molar-refractivity contribution in [1.82, 2.24) is 20.4 Å². The van der Waals surface area contributed by atoms with Crippen LogP contribution in [-0.2, 0) is 9.59 Å². The number of nitrogens with zero attached hydrogens (tertiary/aromatic N) is 2. The van der Waals surface area contributed by atoms with E-state index in [1.807, 2.05) is 13.8 Å². The Morgan fingerprint density at radius 2 is 1.17 bits per heavy atom. The van der Waals surface area contributed by atoms with Crippen LogP contribution in [0.15, 0.2) is 0 Å².